The van der Waals surface area contributed by atoms with E-state index in [0.29, 0.717) is 32.7 Å². The van der Waals surface area contributed by atoms with Gasteiger partial charge in [-0.15, -0.1) is 0 Å². The van der Waals surface area contributed by atoms with Crippen molar-refractivity contribution >= 4 is 27.2 Å². The van der Waals surface area contributed by atoms with Crippen LogP contribution in [-0.2, 0) is 28.0 Å². The molecule has 2 heterocycles. The third kappa shape index (κ3) is 5.14. The molecule has 1 saturated heterocycles. The molecule has 166 valence electrons. The van der Waals surface area contributed by atoms with Gasteiger partial charge in [-0.2, -0.15) is 17.0 Å². The number of carbonyl (C=O) groups excluding carboxylic acids is 1. The monoisotopic (exact) mass is 436 g/mol. The highest BCUT2D eigenvalue weighted by molar-refractivity contribution is 7.87. The summed E-state index contributed by atoms with van der Waals surface area (Å²) in [6.45, 7) is 11.8. The lowest BCUT2D eigenvalue weighted by molar-refractivity contribution is 0.0526. The van der Waals surface area contributed by atoms with Gasteiger partial charge in [0, 0.05) is 50.5 Å². The summed E-state index contributed by atoms with van der Waals surface area (Å²) in [7, 11) is -3.40. The molecule has 3 rings (SSSR count). The van der Waals surface area contributed by atoms with E-state index in [-0.39, 0.29) is 6.04 Å². The number of carbonyl (C=O) groups is 1. The zero-order valence-corrected chi connectivity index (χ0v) is 19.2. The summed E-state index contributed by atoms with van der Waals surface area (Å²) in [6.07, 6.45) is 1.54. The fourth-order valence-corrected chi connectivity index (χ4v) is 5.38. The molecule has 0 spiro atoms. The summed E-state index contributed by atoms with van der Waals surface area (Å²) >= 11 is 0. The number of aromatic nitrogens is 1. The molecule has 0 unspecified atom stereocenters. The highest BCUT2D eigenvalue weighted by Gasteiger charge is 2.37. The second-order valence-electron chi connectivity index (χ2n) is 8.88. The Morgan fingerprint density at radius 2 is 1.93 bits per heavy atom. The Morgan fingerprint density at radius 3 is 2.57 bits per heavy atom. The number of hydrogen-bond donors (Lipinski definition) is 1. The maximum atomic E-state index is 12.7. The van der Waals surface area contributed by atoms with Crippen LogP contribution in [-0.4, -0.2) is 59.0 Å². The molecule has 0 aliphatic carbocycles. The van der Waals surface area contributed by atoms with Gasteiger partial charge in [0.1, 0.15) is 5.60 Å². The number of benzene rings is 1. The minimum atomic E-state index is -3.40. The molecule has 0 bridgehead atoms. The molecule has 0 radical (unpaired) electrons. The average Bonchev–Trinajstić information content (AvgIpc) is 3.14. The third-order valence-electron chi connectivity index (χ3n) is 4.98. The van der Waals surface area contributed by atoms with Gasteiger partial charge in [-0.25, -0.2) is 4.79 Å². The number of ether oxygens (including phenoxy) is 1. The van der Waals surface area contributed by atoms with Crippen molar-refractivity contribution in [3.8, 4) is 0 Å². The molecule has 0 saturated carbocycles. The van der Waals surface area contributed by atoms with Crippen molar-refractivity contribution in [3.05, 3.63) is 36.0 Å². The molecule has 30 heavy (non-hydrogen) atoms. The van der Waals surface area contributed by atoms with Crippen molar-refractivity contribution in [2.75, 3.05) is 19.6 Å². The smallest absolute Gasteiger partial charge is 0.407 e. The lowest BCUT2D eigenvalue weighted by atomic mass is 10.1. The van der Waals surface area contributed by atoms with Crippen LogP contribution in [0.15, 0.2) is 30.5 Å². The van der Waals surface area contributed by atoms with Gasteiger partial charge < -0.3 is 14.6 Å². The van der Waals surface area contributed by atoms with Crippen LogP contribution >= 0.6 is 0 Å². The van der Waals surface area contributed by atoms with Gasteiger partial charge in [-0.1, -0.05) is 6.07 Å². The molecule has 2 aromatic rings. The Labute approximate surface area is 179 Å². The molecule has 8 nitrogen and oxygen atoms in total. The molecule has 1 aromatic heterocycles. The van der Waals surface area contributed by atoms with Crippen LogP contribution in [0.25, 0.3) is 10.9 Å². The number of fused-ring (bicyclic) bond motifs is 1. The second kappa shape index (κ2) is 8.56. The summed E-state index contributed by atoms with van der Waals surface area (Å²) < 4.78 is 35.7. The largest absolute Gasteiger partial charge is 0.444 e. The highest BCUT2D eigenvalue weighted by atomic mass is 32.2. The van der Waals surface area contributed by atoms with Crippen LogP contribution in [0.5, 0.6) is 0 Å². The Hall–Kier alpha value is -2.10. The molecular weight excluding hydrogens is 404 g/mol. The van der Waals surface area contributed by atoms with Crippen LogP contribution in [0.2, 0.25) is 0 Å². The summed E-state index contributed by atoms with van der Waals surface area (Å²) in [5, 5.41) is 3.81. The Kier molecular flexibility index (Phi) is 6.45. The first-order chi connectivity index (χ1) is 14.0. The Balaban J connectivity index is 1.63. The Bertz CT molecular complexity index is 1010. The normalized spacial score (nSPS) is 17.7. The fraction of sp³-hybridized carbons (Fsp3) is 0.571. The van der Waals surface area contributed by atoms with Crippen LogP contribution in [0.4, 0.5) is 4.79 Å². The third-order valence-corrected chi connectivity index (χ3v) is 7.14. The van der Waals surface area contributed by atoms with Crippen molar-refractivity contribution in [2.45, 2.75) is 59.4 Å². The van der Waals surface area contributed by atoms with E-state index >= 15 is 0 Å². The zero-order valence-electron chi connectivity index (χ0n) is 18.4. The van der Waals surface area contributed by atoms with Crippen molar-refractivity contribution < 1.29 is 17.9 Å². The number of alkyl carbamates (subject to hydrolysis) is 1. The highest BCUT2D eigenvalue weighted by Crippen LogP contribution is 2.24. The van der Waals surface area contributed by atoms with Gasteiger partial charge >= 0.3 is 6.09 Å². The standard InChI is InChI=1S/C21H32N4O4S/c1-16(2)25-13-12-24(30(25,27)28)15-17-6-7-19-18(14-17)8-10-23(19)11-9-22-20(26)29-21(3,4)5/h6-8,10,14,16H,9,11-13,15H2,1-5H3,(H,22,26). The van der Waals surface area contributed by atoms with Crippen LogP contribution < -0.4 is 5.32 Å². The minimum absolute atomic E-state index is 0.0363. The number of nitrogens with zero attached hydrogens (tertiary/aromatic N) is 3. The second-order valence-corrected chi connectivity index (χ2v) is 10.8. The number of hydrogen-bond acceptors (Lipinski definition) is 4. The SMILES string of the molecule is CC(C)N1CCN(Cc2ccc3c(ccn3CCNC(=O)OC(C)(C)C)c2)S1(=O)=O. The molecule has 1 N–H and O–H groups in total. The maximum Gasteiger partial charge on any atom is 0.407 e. The molecule has 1 aliphatic rings. The number of amides is 1. The first kappa shape index (κ1) is 22.6. The van der Waals surface area contributed by atoms with Crippen LogP contribution in [0, 0.1) is 0 Å². The predicted molar refractivity (Wildman–Crippen MR) is 117 cm³/mol. The predicted octanol–water partition coefficient (Wildman–Crippen LogP) is 2.94. The number of nitrogens with one attached hydrogen (secondary N) is 1. The first-order valence-electron chi connectivity index (χ1n) is 10.3. The van der Waals surface area contributed by atoms with Crippen molar-refractivity contribution in [2.24, 2.45) is 0 Å². The lowest BCUT2D eigenvalue weighted by Crippen LogP contribution is -2.36. The quantitative estimate of drug-likeness (QED) is 0.755. The molecular formula is C21H32N4O4S. The molecule has 9 heteroatoms. The van der Waals surface area contributed by atoms with E-state index in [1.807, 2.05) is 65.1 Å². The fourth-order valence-electron chi connectivity index (χ4n) is 3.61. The average molecular weight is 437 g/mol. The van der Waals surface area contributed by atoms with E-state index in [1.54, 1.807) is 4.31 Å². The van der Waals surface area contributed by atoms with E-state index in [2.05, 4.69) is 9.88 Å². The van der Waals surface area contributed by atoms with Crippen LogP contribution in [0.1, 0.15) is 40.2 Å². The van der Waals surface area contributed by atoms with Crippen molar-refractivity contribution in [1.29, 1.82) is 0 Å². The summed E-state index contributed by atoms with van der Waals surface area (Å²) in [5.41, 5.74) is 1.48. The van der Waals surface area contributed by atoms with E-state index in [9.17, 15) is 13.2 Å². The summed E-state index contributed by atoms with van der Waals surface area (Å²) in [6, 6.07) is 7.96. The van der Waals surface area contributed by atoms with E-state index in [1.165, 1.54) is 4.31 Å². The zero-order chi connectivity index (χ0) is 22.1. The molecule has 0 atom stereocenters. The lowest BCUT2D eigenvalue weighted by Gasteiger charge is -2.21. The first-order valence-corrected chi connectivity index (χ1v) is 11.7. The minimum Gasteiger partial charge on any atom is -0.444 e. The molecule has 1 fully saturated rings. The molecule has 1 aromatic carbocycles. The van der Waals surface area contributed by atoms with Gasteiger partial charge in [0.05, 0.1) is 0 Å². The van der Waals surface area contributed by atoms with Gasteiger partial charge in [-0.3, -0.25) is 0 Å². The van der Waals surface area contributed by atoms with Gasteiger partial charge in [-0.05, 0) is 63.8 Å². The topological polar surface area (TPSA) is 83.9 Å². The van der Waals surface area contributed by atoms with Crippen LogP contribution in [0.3, 0.4) is 0 Å². The van der Waals surface area contributed by atoms with Gasteiger partial charge in [0.15, 0.2) is 0 Å². The molecule has 1 amide bonds. The van der Waals surface area contributed by atoms with Crippen molar-refractivity contribution in [1.82, 2.24) is 18.5 Å². The maximum absolute atomic E-state index is 12.7. The van der Waals surface area contributed by atoms with Gasteiger partial charge in [0.2, 0.25) is 0 Å². The number of rotatable bonds is 6. The van der Waals surface area contributed by atoms with E-state index < -0.39 is 21.9 Å². The Morgan fingerprint density at radius 1 is 1.20 bits per heavy atom. The van der Waals surface area contributed by atoms with E-state index in [0.717, 1.165) is 16.5 Å². The summed E-state index contributed by atoms with van der Waals surface area (Å²) in [5.74, 6) is 0. The van der Waals surface area contributed by atoms with E-state index in [4.69, 9.17) is 4.74 Å². The molecule has 1 aliphatic heterocycles. The van der Waals surface area contributed by atoms with Crippen molar-refractivity contribution in [3.63, 3.8) is 0 Å². The van der Waals surface area contributed by atoms with Gasteiger partial charge in [0.25, 0.3) is 10.2 Å². The summed E-state index contributed by atoms with van der Waals surface area (Å²) in [4.78, 5) is 11.8.